The van der Waals surface area contributed by atoms with Crippen LogP contribution in [0.25, 0.3) is 22.4 Å². The number of benzene rings is 3. The standard InChI is InChI=1S/C21H15ClN2O3/c22-16-5-1-4-8-19(16)27-15-11-9-14(10-12-15)21-23-17-6-2-3-7-18(17)24(21)13-20(25)26/h1-12H,13H2,(H,25,26). The van der Waals surface area contributed by atoms with Gasteiger partial charge in [-0.25, -0.2) is 4.98 Å². The maximum Gasteiger partial charge on any atom is 0.323 e. The fraction of sp³-hybridized carbons (Fsp3) is 0.0476. The second kappa shape index (κ2) is 7.13. The van der Waals surface area contributed by atoms with Crippen molar-refractivity contribution in [2.24, 2.45) is 0 Å². The number of ether oxygens (including phenoxy) is 1. The van der Waals surface area contributed by atoms with Gasteiger partial charge in [0, 0.05) is 5.56 Å². The van der Waals surface area contributed by atoms with E-state index in [2.05, 4.69) is 4.98 Å². The fourth-order valence-corrected chi connectivity index (χ4v) is 3.09. The number of carboxylic acids is 1. The molecule has 0 saturated carbocycles. The molecule has 0 aliphatic heterocycles. The van der Waals surface area contributed by atoms with E-state index in [1.807, 2.05) is 60.7 Å². The van der Waals surface area contributed by atoms with Crippen molar-refractivity contribution < 1.29 is 14.6 Å². The molecule has 0 radical (unpaired) electrons. The van der Waals surface area contributed by atoms with Crippen molar-refractivity contribution in [3.63, 3.8) is 0 Å². The van der Waals surface area contributed by atoms with Gasteiger partial charge >= 0.3 is 5.97 Å². The molecule has 4 aromatic rings. The molecule has 3 aromatic carbocycles. The Balaban J connectivity index is 1.70. The number of imidazole rings is 1. The number of hydrogen-bond acceptors (Lipinski definition) is 3. The quantitative estimate of drug-likeness (QED) is 0.516. The summed E-state index contributed by atoms with van der Waals surface area (Å²) in [7, 11) is 0. The van der Waals surface area contributed by atoms with Gasteiger partial charge in [0.15, 0.2) is 0 Å². The van der Waals surface area contributed by atoms with Crippen molar-refractivity contribution in [1.29, 1.82) is 0 Å². The van der Waals surface area contributed by atoms with E-state index in [0.717, 1.165) is 16.6 Å². The Kier molecular flexibility index (Phi) is 4.52. The Morgan fingerprint density at radius 2 is 1.70 bits per heavy atom. The Bertz CT molecular complexity index is 1120. The minimum Gasteiger partial charge on any atom is -0.480 e. The Hall–Kier alpha value is -3.31. The van der Waals surface area contributed by atoms with Crippen molar-refractivity contribution in [1.82, 2.24) is 9.55 Å². The van der Waals surface area contributed by atoms with Gasteiger partial charge in [-0.2, -0.15) is 0 Å². The van der Waals surface area contributed by atoms with Gasteiger partial charge in [-0.3, -0.25) is 4.79 Å². The van der Waals surface area contributed by atoms with Crippen LogP contribution in [0.15, 0.2) is 72.8 Å². The van der Waals surface area contributed by atoms with Crippen molar-refractivity contribution in [2.45, 2.75) is 6.54 Å². The van der Waals surface area contributed by atoms with Gasteiger partial charge in [-0.1, -0.05) is 35.9 Å². The Morgan fingerprint density at radius 1 is 1.00 bits per heavy atom. The van der Waals surface area contributed by atoms with Gasteiger partial charge in [-0.05, 0) is 48.5 Å². The summed E-state index contributed by atoms with van der Waals surface area (Å²) in [5.74, 6) is 0.888. The molecule has 0 bridgehead atoms. The molecular formula is C21H15ClN2O3. The van der Waals surface area contributed by atoms with E-state index in [1.54, 1.807) is 16.7 Å². The summed E-state index contributed by atoms with van der Waals surface area (Å²) in [5, 5.41) is 9.80. The highest BCUT2D eigenvalue weighted by molar-refractivity contribution is 6.32. The number of para-hydroxylation sites is 3. The smallest absolute Gasteiger partial charge is 0.323 e. The highest BCUT2D eigenvalue weighted by Crippen LogP contribution is 2.31. The number of carbonyl (C=O) groups is 1. The van der Waals surface area contributed by atoms with E-state index in [4.69, 9.17) is 16.3 Å². The van der Waals surface area contributed by atoms with Gasteiger partial charge < -0.3 is 14.4 Å². The third-order valence-corrected chi connectivity index (χ3v) is 4.44. The first-order chi connectivity index (χ1) is 13.1. The molecule has 5 nitrogen and oxygen atoms in total. The SMILES string of the molecule is O=C(O)Cn1c(-c2ccc(Oc3ccccc3Cl)cc2)nc2ccccc21. The van der Waals surface area contributed by atoms with Gasteiger partial charge in [0.05, 0.1) is 16.1 Å². The van der Waals surface area contributed by atoms with Gasteiger partial charge in [0.2, 0.25) is 0 Å². The summed E-state index contributed by atoms with van der Waals surface area (Å²) in [6.07, 6.45) is 0. The molecule has 1 N–H and O–H groups in total. The normalized spacial score (nSPS) is 10.9. The molecule has 27 heavy (non-hydrogen) atoms. The molecule has 0 aliphatic carbocycles. The van der Waals surface area contributed by atoms with Crippen molar-refractivity contribution in [3.05, 3.63) is 77.8 Å². The fourth-order valence-electron chi connectivity index (χ4n) is 2.92. The van der Waals surface area contributed by atoms with Gasteiger partial charge in [0.1, 0.15) is 23.9 Å². The van der Waals surface area contributed by atoms with E-state index in [-0.39, 0.29) is 6.54 Å². The highest BCUT2D eigenvalue weighted by atomic mass is 35.5. The maximum atomic E-state index is 11.3. The van der Waals surface area contributed by atoms with Crippen LogP contribution in [-0.2, 0) is 11.3 Å². The van der Waals surface area contributed by atoms with Crippen LogP contribution in [0.4, 0.5) is 0 Å². The summed E-state index contributed by atoms with van der Waals surface area (Å²) < 4.78 is 7.50. The Labute approximate surface area is 160 Å². The van der Waals surface area contributed by atoms with Crippen LogP contribution in [0.2, 0.25) is 5.02 Å². The zero-order valence-corrected chi connectivity index (χ0v) is 14.9. The number of aromatic nitrogens is 2. The summed E-state index contributed by atoms with van der Waals surface area (Å²) in [4.78, 5) is 15.9. The third-order valence-electron chi connectivity index (χ3n) is 4.12. The minimum absolute atomic E-state index is 0.159. The molecular weight excluding hydrogens is 364 g/mol. The summed E-state index contributed by atoms with van der Waals surface area (Å²) in [6, 6.07) is 22.0. The first kappa shape index (κ1) is 17.1. The van der Waals surface area contributed by atoms with Crippen molar-refractivity contribution in [3.8, 4) is 22.9 Å². The molecule has 6 heteroatoms. The second-order valence-corrected chi connectivity index (χ2v) is 6.37. The first-order valence-corrected chi connectivity index (χ1v) is 8.69. The van der Waals surface area contributed by atoms with Gasteiger partial charge in [-0.15, -0.1) is 0 Å². The van der Waals surface area contributed by atoms with Crippen LogP contribution in [0.1, 0.15) is 0 Å². The summed E-state index contributed by atoms with van der Waals surface area (Å²) in [6.45, 7) is -0.159. The highest BCUT2D eigenvalue weighted by Gasteiger charge is 2.14. The van der Waals surface area contributed by atoms with Crippen LogP contribution in [-0.4, -0.2) is 20.6 Å². The number of nitrogens with zero attached hydrogens (tertiary/aromatic N) is 2. The largest absolute Gasteiger partial charge is 0.480 e. The Morgan fingerprint density at radius 3 is 2.44 bits per heavy atom. The van der Waals surface area contributed by atoms with Crippen LogP contribution < -0.4 is 4.74 Å². The van der Waals surface area contributed by atoms with E-state index >= 15 is 0 Å². The maximum absolute atomic E-state index is 11.3. The lowest BCUT2D eigenvalue weighted by Gasteiger charge is -2.09. The molecule has 0 unspecified atom stereocenters. The topological polar surface area (TPSA) is 64.3 Å². The number of carboxylic acid groups (broad SMARTS) is 1. The molecule has 4 rings (SSSR count). The number of rotatable bonds is 5. The zero-order valence-electron chi connectivity index (χ0n) is 14.2. The monoisotopic (exact) mass is 378 g/mol. The number of aliphatic carboxylic acids is 1. The van der Waals surface area contributed by atoms with E-state index < -0.39 is 5.97 Å². The lowest BCUT2D eigenvalue weighted by Crippen LogP contribution is -2.09. The molecule has 134 valence electrons. The van der Waals surface area contributed by atoms with Crippen LogP contribution in [0, 0.1) is 0 Å². The summed E-state index contributed by atoms with van der Waals surface area (Å²) >= 11 is 6.12. The van der Waals surface area contributed by atoms with E-state index in [0.29, 0.717) is 22.3 Å². The molecule has 0 spiro atoms. The van der Waals surface area contributed by atoms with E-state index in [9.17, 15) is 9.90 Å². The molecule has 0 fully saturated rings. The summed E-state index contributed by atoms with van der Waals surface area (Å²) in [5.41, 5.74) is 2.34. The third kappa shape index (κ3) is 3.50. The minimum atomic E-state index is -0.918. The lowest BCUT2D eigenvalue weighted by molar-refractivity contribution is -0.137. The molecule has 0 saturated heterocycles. The number of fused-ring (bicyclic) bond motifs is 1. The van der Waals surface area contributed by atoms with Gasteiger partial charge in [0.25, 0.3) is 0 Å². The molecule has 1 heterocycles. The number of hydrogen-bond donors (Lipinski definition) is 1. The van der Waals surface area contributed by atoms with Crippen LogP contribution in [0.5, 0.6) is 11.5 Å². The number of halogens is 1. The predicted molar refractivity (Wildman–Crippen MR) is 104 cm³/mol. The second-order valence-electron chi connectivity index (χ2n) is 5.96. The van der Waals surface area contributed by atoms with Crippen molar-refractivity contribution in [2.75, 3.05) is 0 Å². The van der Waals surface area contributed by atoms with Crippen LogP contribution >= 0.6 is 11.6 Å². The molecule has 0 amide bonds. The first-order valence-electron chi connectivity index (χ1n) is 8.32. The average Bonchev–Trinajstić information content (AvgIpc) is 3.02. The zero-order chi connectivity index (χ0) is 18.8. The lowest BCUT2D eigenvalue weighted by atomic mass is 10.2. The predicted octanol–water partition coefficient (Wildman–Crippen LogP) is 5.23. The average molecular weight is 379 g/mol. The van der Waals surface area contributed by atoms with Crippen molar-refractivity contribution >= 4 is 28.6 Å². The van der Waals surface area contributed by atoms with Crippen LogP contribution in [0.3, 0.4) is 0 Å². The molecule has 0 aliphatic rings. The molecule has 1 aromatic heterocycles. The molecule has 0 atom stereocenters. The van der Waals surface area contributed by atoms with E-state index in [1.165, 1.54) is 0 Å².